The highest BCUT2D eigenvalue weighted by Crippen LogP contribution is 2.17. The Morgan fingerprint density at radius 2 is 2.13 bits per heavy atom. The largest absolute Gasteiger partial charge is 0.359 e. The van der Waals surface area contributed by atoms with Crippen molar-refractivity contribution in [2.24, 2.45) is 0 Å². The second kappa shape index (κ2) is 6.65. The van der Waals surface area contributed by atoms with Crippen LogP contribution in [0.4, 0.5) is 0 Å². The van der Waals surface area contributed by atoms with Gasteiger partial charge in [0.2, 0.25) is 17.6 Å². The van der Waals surface area contributed by atoms with Crippen LogP contribution in [-0.2, 0) is 17.8 Å². The van der Waals surface area contributed by atoms with Gasteiger partial charge in [0.15, 0.2) is 5.82 Å². The van der Waals surface area contributed by atoms with Gasteiger partial charge in [-0.05, 0) is 29.5 Å². The summed E-state index contributed by atoms with van der Waals surface area (Å²) < 4.78 is 6.04. The highest BCUT2D eigenvalue weighted by Gasteiger charge is 2.12. The molecule has 1 N–H and O–H groups in total. The predicted molar refractivity (Wildman–Crippen MR) is 82.1 cm³/mol. The Kier molecular flexibility index (Phi) is 4.42. The number of aromatic nitrogens is 6. The molecule has 0 aliphatic rings. The molecule has 0 saturated carbocycles. The van der Waals surface area contributed by atoms with Crippen molar-refractivity contribution in [2.75, 3.05) is 7.05 Å². The Bertz CT molecular complexity index is 812. The first kappa shape index (κ1) is 15.3. The molecule has 1 amide bonds. The lowest BCUT2D eigenvalue weighted by atomic mass is 10.2. The second-order valence-corrected chi connectivity index (χ2v) is 5.52. The number of carbonyl (C=O) groups excluding carboxylic acids is 1. The molecule has 1 aromatic carbocycles. The van der Waals surface area contributed by atoms with E-state index in [1.807, 2.05) is 24.3 Å². The van der Waals surface area contributed by atoms with Crippen LogP contribution >= 0.6 is 15.9 Å². The van der Waals surface area contributed by atoms with Crippen LogP contribution in [0.3, 0.4) is 0 Å². The molecule has 23 heavy (non-hydrogen) atoms. The number of tetrazole rings is 1. The lowest BCUT2D eigenvalue weighted by Gasteiger charge is -1.94. The molecule has 0 unspecified atom stereocenters. The fraction of sp³-hybridized carbons (Fsp3) is 0.231. The topological polar surface area (TPSA) is 112 Å². The molecule has 0 bridgehead atoms. The maximum atomic E-state index is 11.3. The van der Waals surface area contributed by atoms with E-state index in [1.165, 1.54) is 4.80 Å². The van der Waals surface area contributed by atoms with Gasteiger partial charge >= 0.3 is 0 Å². The van der Waals surface area contributed by atoms with Crippen LogP contribution in [0.25, 0.3) is 11.4 Å². The van der Waals surface area contributed by atoms with Gasteiger partial charge in [-0.2, -0.15) is 9.78 Å². The smallest absolute Gasteiger partial charge is 0.250 e. The number of carbonyl (C=O) groups is 1. The summed E-state index contributed by atoms with van der Waals surface area (Å²) in [5.41, 5.74) is 0.852. The van der Waals surface area contributed by atoms with E-state index in [9.17, 15) is 4.79 Å². The molecule has 2 heterocycles. The number of nitrogens with zero attached hydrogens (tertiary/aromatic N) is 6. The third-order valence-corrected chi connectivity index (χ3v) is 3.47. The first-order valence-electron chi connectivity index (χ1n) is 6.70. The first-order valence-corrected chi connectivity index (χ1v) is 7.49. The van der Waals surface area contributed by atoms with Crippen molar-refractivity contribution in [3.8, 4) is 11.4 Å². The average Bonchev–Trinajstić information content (AvgIpc) is 3.18. The van der Waals surface area contributed by atoms with Crippen molar-refractivity contribution in [1.29, 1.82) is 0 Å². The normalized spacial score (nSPS) is 10.7. The number of benzene rings is 1. The number of rotatable bonds is 5. The highest BCUT2D eigenvalue weighted by molar-refractivity contribution is 9.10. The molecule has 0 spiro atoms. The molecule has 0 aliphatic carbocycles. The van der Waals surface area contributed by atoms with E-state index in [0.29, 0.717) is 17.5 Å². The summed E-state index contributed by atoms with van der Waals surface area (Å²) in [6, 6.07) is 7.58. The van der Waals surface area contributed by atoms with Gasteiger partial charge in [0, 0.05) is 17.1 Å². The van der Waals surface area contributed by atoms with Crippen LogP contribution < -0.4 is 5.32 Å². The third kappa shape index (κ3) is 3.77. The van der Waals surface area contributed by atoms with E-state index in [1.54, 1.807) is 7.05 Å². The van der Waals surface area contributed by atoms with Crippen LogP contribution in [0.15, 0.2) is 33.3 Å². The summed E-state index contributed by atoms with van der Waals surface area (Å²) >= 11 is 3.37. The van der Waals surface area contributed by atoms with Crippen molar-refractivity contribution in [1.82, 2.24) is 35.7 Å². The van der Waals surface area contributed by atoms with Crippen molar-refractivity contribution in [3.63, 3.8) is 0 Å². The van der Waals surface area contributed by atoms with Gasteiger partial charge in [-0.1, -0.05) is 21.1 Å². The molecule has 10 heteroatoms. The van der Waals surface area contributed by atoms with Gasteiger partial charge in [-0.3, -0.25) is 4.79 Å². The van der Waals surface area contributed by atoms with Gasteiger partial charge in [0.05, 0.1) is 6.42 Å². The molecule has 2 aromatic heterocycles. The van der Waals surface area contributed by atoms with E-state index in [-0.39, 0.29) is 18.9 Å². The molecule has 9 nitrogen and oxygen atoms in total. The summed E-state index contributed by atoms with van der Waals surface area (Å²) in [7, 11) is 1.55. The van der Waals surface area contributed by atoms with E-state index in [4.69, 9.17) is 4.52 Å². The van der Waals surface area contributed by atoms with Crippen LogP contribution in [0.2, 0.25) is 0 Å². The van der Waals surface area contributed by atoms with Crippen molar-refractivity contribution >= 4 is 21.8 Å². The minimum atomic E-state index is -0.186. The Balaban J connectivity index is 1.69. The molecule has 0 fully saturated rings. The average molecular weight is 378 g/mol. The van der Waals surface area contributed by atoms with Crippen molar-refractivity contribution in [2.45, 2.75) is 13.0 Å². The van der Waals surface area contributed by atoms with Gasteiger partial charge in [0.25, 0.3) is 0 Å². The van der Waals surface area contributed by atoms with Gasteiger partial charge in [-0.25, -0.2) is 0 Å². The SMILES string of the molecule is CNC(=O)Cc1noc(Cn2nnc(-c3ccc(Br)cc3)n2)n1. The van der Waals surface area contributed by atoms with Gasteiger partial charge in [-0.15, -0.1) is 10.2 Å². The highest BCUT2D eigenvalue weighted by atomic mass is 79.9. The number of nitrogens with one attached hydrogen (secondary N) is 1. The van der Waals surface area contributed by atoms with E-state index in [0.717, 1.165) is 10.0 Å². The zero-order chi connectivity index (χ0) is 16.2. The summed E-state index contributed by atoms with van der Waals surface area (Å²) in [6.07, 6.45) is 0.0644. The maximum absolute atomic E-state index is 11.3. The summed E-state index contributed by atoms with van der Waals surface area (Å²) in [5.74, 6) is 0.938. The number of halogens is 1. The van der Waals surface area contributed by atoms with Crippen LogP contribution in [0, 0.1) is 0 Å². The van der Waals surface area contributed by atoms with Gasteiger partial charge < -0.3 is 9.84 Å². The minimum absolute atomic E-state index is 0.0644. The maximum Gasteiger partial charge on any atom is 0.250 e. The van der Waals surface area contributed by atoms with Crippen LogP contribution in [0.1, 0.15) is 11.7 Å². The fourth-order valence-corrected chi connectivity index (χ4v) is 2.07. The van der Waals surface area contributed by atoms with Crippen LogP contribution in [0.5, 0.6) is 0 Å². The Hall–Kier alpha value is -2.62. The number of hydrogen-bond acceptors (Lipinski definition) is 7. The molecule has 3 rings (SSSR count). The Labute approximate surface area is 139 Å². The molecule has 0 radical (unpaired) electrons. The zero-order valence-electron chi connectivity index (χ0n) is 12.1. The molecule has 118 valence electrons. The minimum Gasteiger partial charge on any atom is -0.359 e. The second-order valence-electron chi connectivity index (χ2n) is 4.60. The fourth-order valence-electron chi connectivity index (χ4n) is 1.80. The van der Waals surface area contributed by atoms with Crippen LogP contribution in [-0.4, -0.2) is 43.3 Å². The Morgan fingerprint density at radius 3 is 2.87 bits per heavy atom. The standard InChI is InChI=1S/C13H12BrN7O2/c1-15-11(22)6-10-16-12(23-19-10)7-21-18-13(17-20-21)8-2-4-9(14)5-3-8/h2-5H,6-7H2,1H3,(H,15,22). The molecular formula is C13H12BrN7O2. The third-order valence-electron chi connectivity index (χ3n) is 2.94. The van der Waals surface area contributed by atoms with E-state index in [2.05, 4.69) is 46.8 Å². The summed E-state index contributed by atoms with van der Waals surface area (Å²) in [4.78, 5) is 16.7. The van der Waals surface area contributed by atoms with E-state index >= 15 is 0 Å². The molecule has 3 aromatic rings. The quantitative estimate of drug-likeness (QED) is 0.700. The molecular weight excluding hydrogens is 366 g/mol. The molecule has 0 aliphatic heterocycles. The van der Waals surface area contributed by atoms with Gasteiger partial charge in [0.1, 0.15) is 6.54 Å². The summed E-state index contributed by atoms with van der Waals surface area (Å²) in [5, 5.41) is 18.4. The predicted octanol–water partition coefficient (Wildman–Crippen LogP) is 0.822. The number of likely N-dealkylation sites (N-methyl/N-ethyl adjacent to an activating group) is 1. The van der Waals surface area contributed by atoms with Crippen molar-refractivity contribution < 1.29 is 9.32 Å². The lowest BCUT2D eigenvalue weighted by Crippen LogP contribution is -2.20. The van der Waals surface area contributed by atoms with E-state index < -0.39 is 0 Å². The zero-order valence-corrected chi connectivity index (χ0v) is 13.7. The molecule has 0 saturated heterocycles. The summed E-state index contributed by atoms with van der Waals surface area (Å²) in [6.45, 7) is 0.185. The Morgan fingerprint density at radius 1 is 1.35 bits per heavy atom. The number of hydrogen-bond donors (Lipinski definition) is 1. The first-order chi connectivity index (χ1) is 11.1. The van der Waals surface area contributed by atoms with Crippen molar-refractivity contribution in [3.05, 3.63) is 40.5 Å². The lowest BCUT2D eigenvalue weighted by molar-refractivity contribution is -0.120. The molecule has 0 atom stereocenters. The number of amides is 1. The monoisotopic (exact) mass is 377 g/mol.